The topological polar surface area (TPSA) is 80.8 Å². The van der Waals surface area contributed by atoms with Gasteiger partial charge in [0.05, 0.1) is 18.1 Å². The van der Waals surface area contributed by atoms with Gasteiger partial charge in [-0.1, -0.05) is 23.7 Å². The first kappa shape index (κ1) is 19.4. The van der Waals surface area contributed by atoms with Crippen LogP contribution in [0.1, 0.15) is 57.3 Å². The molecule has 0 amide bonds. The maximum atomic E-state index is 12.7. The summed E-state index contributed by atoms with van der Waals surface area (Å²) in [6, 6.07) is 9.07. The highest BCUT2D eigenvalue weighted by Crippen LogP contribution is 2.52. The van der Waals surface area contributed by atoms with Crippen molar-refractivity contribution in [3.63, 3.8) is 0 Å². The number of aromatic nitrogens is 2. The van der Waals surface area contributed by atoms with Crippen molar-refractivity contribution in [1.29, 1.82) is 0 Å². The third-order valence-corrected chi connectivity index (χ3v) is 6.61. The van der Waals surface area contributed by atoms with Gasteiger partial charge in [0.2, 0.25) is 0 Å². The molecule has 1 aliphatic carbocycles. The monoisotopic (exact) mass is 393 g/mol. The van der Waals surface area contributed by atoms with E-state index in [2.05, 4.69) is 14.7 Å². The molecule has 3 rings (SSSR count). The van der Waals surface area contributed by atoms with Crippen molar-refractivity contribution in [2.45, 2.75) is 56.2 Å². The molecule has 26 heavy (non-hydrogen) atoms. The Kier molecular flexibility index (Phi) is 5.49. The Hall–Kier alpha value is -1.34. The molecule has 0 aliphatic heterocycles. The van der Waals surface area contributed by atoms with E-state index in [0.717, 1.165) is 30.5 Å². The fourth-order valence-corrected chi connectivity index (χ4v) is 3.95. The summed E-state index contributed by atoms with van der Waals surface area (Å²) in [4.78, 5) is 18.6. The molecule has 140 valence electrons. The van der Waals surface area contributed by atoms with E-state index in [4.69, 9.17) is 11.6 Å². The van der Waals surface area contributed by atoms with Gasteiger partial charge < -0.3 is 9.54 Å². The van der Waals surface area contributed by atoms with Gasteiger partial charge >= 0.3 is 0 Å². The van der Waals surface area contributed by atoms with Crippen LogP contribution in [0.25, 0.3) is 0 Å². The van der Waals surface area contributed by atoms with Gasteiger partial charge in [0.25, 0.3) is 5.56 Å². The maximum Gasteiger partial charge on any atom is 0.250 e. The molecule has 5 nitrogen and oxygen atoms in total. The zero-order valence-electron chi connectivity index (χ0n) is 15.2. The molecule has 1 aromatic heterocycles. The minimum atomic E-state index is -1.21. The third-order valence-electron chi connectivity index (χ3n) is 4.75. The number of aromatic amines is 1. The summed E-state index contributed by atoms with van der Waals surface area (Å²) in [7, 11) is 0. The number of hydrogen-bond donors (Lipinski definition) is 2. The Morgan fingerprint density at radius 3 is 2.54 bits per heavy atom. The third kappa shape index (κ3) is 4.49. The molecule has 0 spiro atoms. The normalized spacial score (nSPS) is 18.3. The van der Waals surface area contributed by atoms with Crippen LogP contribution in [0.4, 0.5) is 0 Å². The van der Waals surface area contributed by atoms with Crippen molar-refractivity contribution in [3.05, 3.63) is 63.3 Å². The van der Waals surface area contributed by atoms with Crippen molar-refractivity contribution in [3.8, 4) is 0 Å². The molecule has 0 radical (unpaired) electrons. The Balaban J connectivity index is 1.88. The van der Waals surface area contributed by atoms with Crippen molar-refractivity contribution in [1.82, 2.24) is 14.7 Å². The molecular weight excluding hydrogens is 370 g/mol. The number of rotatable bonds is 6. The van der Waals surface area contributed by atoms with Crippen molar-refractivity contribution >= 4 is 23.0 Å². The lowest BCUT2D eigenvalue weighted by molar-refractivity contribution is 0.467. The van der Waals surface area contributed by atoms with Crippen LogP contribution in [0, 0.1) is 0 Å². The van der Waals surface area contributed by atoms with Crippen LogP contribution < -0.4 is 10.3 Å². The molecule has 1 heterocycles. The van der Waals surface area contributed by atoms with Gasteiger partial charge in [-0.2, -0.15) is 0 Å². The first-order chi connectivity index (χ1) is 12.2. The molecule has 0 bridgehead atoms. The van der Waals surface area contributed by atoms with Gasteiger partial charge in [-0.3, -0.25) is 4.79 Å². The van der Waals surface area contributed by atoms with E-state index in [0.29, 0.717) is 5.02 Å². The highest BCUT2D eigenvalue weighted by Gasteiger charge is 2.48. The first-order valence-corrected chi connectivity index (χ1v) is 10.2. The number of halogens is 1. The van der Waals surface area contributed by atoms with Crippen LogP contribution in [0.15, 0.2) is 41.5 Å². The lowest BCUT2D eigenvalue weighted by atomic mass is 9.90. The second kappa shape index (κ2) is 7.35. The average Bonchev–Trinajstić information content (AvgIpc) is 3.35. The van der Waals surface area contributed by atoms with Gasteiger partial charge in [-0.25, -0.2) is 4.98 Å². The summed E-state index contributed by atoms with van der Waals surface area (Å²) in [5.41, 5.74) is 1.55. The van der Waals surface area contributed by atoms with Crippen LogP contribution in [0.3, 0.4) is 0 Å². The number of H-pyrrole nitrogens is 1. The van der Waals surface area contributed by atoms with E-state index < -0.39 is 11.4 Å². The van der Waals surface area contributed by atoms with E-state index in [1.807, 2.05) is 45.0 Å². The molecule has 2 N–H and O–H groups in total. The highest BCUT2D eigenvalue weighted by atomic mass is 35.5. The average molecular weight is 394 g/mol. The number of nitrogens with zero attached hydrogens (tertiary/aromatic N) is 1. The molecule has 1 aromatic carbocycles. The van der Waals surface area contributed by atoms with E-state index in [-0.39, 0.29) is 21.8 Å². The largest absolute Gasteiger partial charge is 0.598 e. The summed E-state index contributed by atoms with van der Waals surface area (Å²) < 4.78 is 15.6. The fourth-order valence-electron chi connectivity index (χ4n) is 2.99. The molecule has 7 heteroatoms. The summed E-state index contributed by atoms with van der Waals surface area (Å²) in [6.45, 7) is 5.83. The molecule has 0 saturated heterocycles. The predicted octanol–water partition coefficient (Wildman–Crippen LogP) is 3.64. The van der Waals surface area contributed by atoms with Gasteiger partial charge in [-0.15, -0.1) is 4.72 Å². The fraction of sp³-hybridized carbons (Fsp3) is 0.474. The molecule has 2 aromatic rings. The molecule has 1 fully saturated rings. The highest BCUT2D eigenvalue weighted by molar-refractivity contribution is 7.90. The molecule has 1 aliphatic rings. The Morgan fingerprint density at radius 2 is 2.00 bits per heavy atom. The van der Waals surface area contributed by atoms with Crippen LogP contribution in [0.2, 0.25) is 5.02 Å². The first-order valence-electron chi connectivity index (χ1n) is 8.68. The number of benzene rings is 1. The van der Waals surface area contributed by atoms with Gasteiger partial charge in [0, 0.05) is 27.9 Å². The quantitative estimate of drug-likeness (QED) is 0.734. The van der Waals surface area contributed by atoms with Gasteiger partial charge in [-0.05, 0) is 57.7 Å². The Labute approximate surface area is 161 Å². The molecule has 2 atom stereocenters. The van der Waals surface area contributed by atoms with E-state index in [1.54, 1.807) is 6.07 Å². The van der Waals surface area contributed by atoms with Crippen LogP contribution in [0.5, 0.6) is 0 Å². The summed E-state index contributed by atoms with van der Waals surface area (Å²) in [5, 5.41) is 0.668. The molecular formula is C19H24ClN3O2S. The Bertz CT molecular complexity index is 813. The molecule has 1 saturated carbocycles. The standard InChI is InChI=1S/C19H24ClN3O2S/c1-18(2,3)26(25)23-15(13-4-6-14(20)7-5-13)11-19(8-9-19)16-10-17(24)22-12-21-16/h4-7,10,12,15,23H,8-9,11H2,1-3H3,(H,21,22,24)/t15-,26?/m0/s1. The van der Waals surface area contributed by atoms with Crippen molar-refractivity contribution in [2.75, 3.05) is 0 Å². The summed E-state index contributed by atoms with van der Waals surface area (Å²) >= 11 is 4.81. The number of hydrogen-bond acceptors (Lipinski definition) is 4. The lowest BCUT2D eigenvalue weighted by Crippen LogP contribution is -2.42. The minimum Gasteiger partial charge on any atom is -0.598 e. The smallest absolute Gasteiger partial charge is 0.250 e. The van der Waals surface area contributed by atoms with Crippen molar-refractivity contribution in [2.24, 2.45) is 0 Å². The Morgan fingerprint density at radius 1 is 1.35 bits per heavy atom. The minimum absolute atomic E-state index is 0.115. The van der Waals surface area contributed by atoms with Gasteiger partial charge in [0.1, 0.15) is 4.75 Å². The van der Waals surface area contributed by atoms with Crippen LogP contribution in [-0.2, 0) is 16.8 Å². The van der Waals surface area contributed by atoms with E-state index in [9.17, 15) is 9.35 Å². The zero-order chi connectivity index (χ0) is 18.9. The van der Waals surface area contributed by atoms with Gasteiger partial charge in [0.15, 0.2) is 0 Å². The second-order valence-corrected chi connectivity index (χ2v) is 10.3. The number of nitrogens with one attached hydrogen (secondary N) is 2. The SMILES string of the molecule is CC(C)(C)[S+]([O-])N[C@@H](CC1(c2cc(=O)[nH]cn2)CC1)c1ccc(Cl)cc1. The zero-order valence-corrected chi connectivity index (χ0v) is 16.8. The summed E-state index contributed by atoms with van der Waals surface area (Å²) in [6.07, 6.45) is 4.12. The lowest BCUT2D eigenvalue weighted by Gasteiger charge is -2.30. The second-order valence-electron chi connectivity index (χ2n) is 7.88. The maximum absolute atomic E-state index is 12.7. The predicted molar refractivity (Wildman–Crippen MR) is 106 cm³/mol. The van der Waals surface area contributed by atoms with Crippen molar-refractivity contribution < 1.29 is 4.55 Å². The van der Waals surface area contributed by atoms with E-state index in [1.165, 1.54) is 6.33 Å². The van der Waals surface area contributed by atoms with Crippen LogP contribution >= 0.6 is 11.6 Å². The molecule has 1 unspecified atom stereocenters. The van der Waals surface area contributed by atoms with E-state index >= 15 is 0 Å². The summed E-state index contributed by atoms with van der Waals surface area (Å²) in [5.74, 6) is 0. The van der Waals surface area contributed by atoms with Crippen LogP contribution in [-0.4, -0.2) is 19.3 Å².